The molecule has 0 aromatic rings. The summed E-state index contributed by atoms with van der Waals surface area (Å²) in [6, 6.07) is 0. The van der Waals surface area contributed by atoms with E-state index in [9.17, 15) is 0 Å². The molecule has 0 spiro atoms. The first-order valence-electron chi connectivity index (χ1n) is 5.65. The van der Waals surface area contributed by atoms with E-state index in [0.29, 0.717) is 5.92 Å². The van der Waals surface area contributed by atoms with Gasteiger partial charge >= 0.3 is 0 Å². The summed E-state index contributed by atoms with van der Waals surface area (Å²) >= 11 is 0. The summed E-state index contributed by atoms with van der Waals surface area (Å²) in [7, 11) is 0. The summed E-state index contributed by atoms with van der Waals surface area (Å²) in [5.74, 6) is 1.78. The van der Waals surface area contributed by atoms with Crippen molar-refractivity contribution in [3.8, 4) is 0 Å². The predicted molar refractivity (Wildman–Crippen MR) is 58.0 cm³/mol. The fourth-order valence-electron chi connectivity index (χ4n) is 1.98. The summed E-state index contributed by atoms with van der Waals surface area (Å²) in [5, 5.41) is 3.41. The highest BCUT2D eigenvalue weighted by Gasteiger charge is 2.13. The molecule has 0 amide bonds. The molecular formula is C12H19NO. The molecule has 1 fully saturated rings. The molecule has 0 aromatic heterocycles. The predicted octanol–water partition coefficient (Wildman–Crippen LogP) is 2.24. The van der Waals surface area contributed by atoms with Crippen LogP contribution in [0.15, 0.2) is 24.0 Å². The Morgan fingerprint density at radius 2 is 2.43 bits per heavy atom. The first-order chi connectivity index (χ1) is 6.95. The van der Waals surface area contributed by atoms with Gasteiger partial charge in [0.1, 0.15) is 5.76 Å². The van der Waals surface area contributed by atoms with Gasteiger partial charge in [0.15, 0.2) is 0 Å². The van der Waals surface area contributed by atoms with Crippen LogP contribution in [0.4, 0.5) is 0 Å². The fraction of sp³-hybridized carbons (Fsp3) is 0.667. The highest BCUT2D eigenvalue weighted by Crippen LogP contribution is 2.15. The van der Waals surface area contributed by atoms with Gasteiger partial charge in [-0.05, 0) is 44.4 Å². The number of rotatable bonds is 3. The maximum Gasteiger partial charge on any atom is 0.115 e. The third-order valence-electron chi connectivity index (χ3n) is 2.85. The van der Waals surface area contributed by atoms with E-state index in [1.807, 2.05) is 0 Å². The average Bonchev–Trinajstić information content (AvgIpc) is 2.29. The minimum atomic E-state index is 0.708. The van der Waals surface area contributed by atoms with Crippen molar-refractivity contribution < 1.29 is 4.74 Å². The molecule has 0 unspecified atom stereocenters. The Morgan fingerprint density at radius 1 is 1.43 bits per heavy atom. The van der Waals surface area contributed by atoms with Gasteiger partial charge < -0.3 is 10.1 Å². The summed E-state index contributed by atoms with van der Waals surface area (Å²) in [6.07, 6.45) is 11.4. The van der Waals surface area contributed by atoms with Gasteiger partial charge in [0.25, 0.3) is 0 Å². The van der Waals surface area contributed by atoms with Crippen LogP contribution in [0.1, 0.15) is 25.7 Å². The quantitative estimate of drug-likeness (QED) is 0.742. The topological polar surface area (TPSA) is 21.3 Å². The molecule has 0 bridgehead atoms. The number of hydrogen-bond donors (Lipinski definition) is 1. The Morgan fingerprint density at radius 3 is 3.14 bits per heavy atom. The van der Waals surface area contributed by atoms with Gasteiger partial charge in [0, 0.05) is 12.5 Å². The number of allylic oxidation sites excluding steroid dienone is 3. The highest BCUT2D eigenvalue weighted by molar-refractivity contribution is 5.15. The molecule has 2 rings (SSSR count). The van der Waals surface area contributed by atoms with Gasteiger partial charge in [-0.25, -0.2) is 0 Å². The van der Waals surface area contributed by atoms with Gasteiger partial charge in [0.05, 0.1) is 6.61 Å². The smallest absolute Gasteiger partial charge is 0.115 e. The molecule has 1 atom stereocenters. The van der Waals surface area contributed by atoms with Crippen molar-refractivity contribution in [1.29, 1.82) is 0 Å². The van der Waals surface area contributed by atoms with Crippen LogP contribution in [-0.2, 0) is 4.74 Å². The molecule has 2 nitrogen and oxygen atoms in total. The second-order valence-electron chi connectivity index (χ2n) is 4.11. The third-order valence-corrected chi connectivity index (χ3v) is 2.85. The molecule has 1 aliphatic heterocycles. The third kappa shape index (κ3) is 2.88. The molecule has 1 saturated heterocycles. The van der Waals surface area contributed by atoms with E-state index in [1.54, 1.807) is 0 Å². The lowest BCUT2D eigenvalue weighted by atomic mass is 10.0. The first-order valence-corrected chi connectivity index (χ1v) is 5.65. The van der Waals surface area contributed by atoms with Crippen LogP contribution in [0.25, 0.3) is 0 Å². The maximum atomic E-state index is 5.76. The Bertz CT molecular complexity index is 226. The maximum absolute atomic E-state index is 5.76. The van der Waals surface area contributed by atoms with E-state index in [-0.39, 0.29) is 0 Å². The van der Waals surface area contributed by atoms with Crippen LogP contribution in [0.3, 0.4) is 0 Å². The van der Waals surface area contributed by atoms with E-state index in [0.717, 1.165) is 31.8 Å². The minimum absolute atomic E-state index is 0.708. The Labute approximate surface area is 86.0 Å². The second-order valence-corrected chi connectivity index (χ2v) is 4.11. The molecule has 1 heterocycles. The summed E-state index contributed by atoms with van der Waals surface area (Å²) in [4.78, 5) is 0. The molecule has 2 aliphatic rings. The second kappa shape index (κ2) is 5.20. The van der Waals surface area contributed by atoms with Crippen molar-refractivity contribution in [2.24, 2.45) is 5.92 Å². The number of hydrogen-bond acceptors (Lipinski definition) is 2. The van der Waals surface area contributed by atoms with E-state index < -0.39 is 0 Å². The molecule has 2 heteroatoms. The number of piperidine rings is 1. The Kier molecular flexibility index (Phi) is 3.64. The van der Waals surface area contributed by atoms with Gasteiger partial charge in [-0.1, -0.05) is 6.08 Å². The highest BCUT2D eigenvalue weighted by atomic mass is 16.5. The number of nitrogens with one attached hydrogen (secondary N) is 1. The zero-order valence-corrected chi connectivity index (χ0v) is 8.67. The van der Waals surface area contributed by atoms with Gasteiger partial charge in [-0.2, -0.15) is 0 Å². The average molecular weight is 193 g/mol. The van der Waals surface area contributed by atoms with Crippen molar-refractivity contribution in [3.05, 3.63) is 24.0 Å². The van der Waals surface area contributed by atoms with E-state index >= 15 is 0 Å². The lowest BCUT2D eigenvalue weighted by molar-refractivity contribution is 0.155. The van der Waals surface area contributed by atoms with Crippen LogP contribution in [0, 0.1) is 5.92 Å². The monoisotopic (exact) mass is 193 g/mol. The van der Waals surface area contributed by atoms with Gasteiger partial charge in [-0.3, -0.25) is 0 Å². The van der Waals surface area contributed by atoms with Crippen molar-refractivity contribution in [1.82, 2.24) is 5.32 Å². The molecule has 0 saturated carbocycles. The summed E-state index contributed by atoms with van der Waals surface area (Å²) in [5.41, 5.74) is 0. The standard InChI is InChI=1S/C12H19NO/c1-2-6-12(7-3-1)14-10-11-5-4-8-13-9-11/h2,6-7,11,13H,1,3-5,8-10H2/t11-/m1/s1. The lowest BCUT2D eigenvalue weighted by Gasteiger charge is -2.23. The lowest BCUT2D eigenvalue weighted by Crippen LogP contribution is -2.32. The van der Waals surface area contributed by atoms with Crippen LogP contribution in [0.2, 0.25) is 0 Å². The van der Waals surface area contributed by atoms with Crippen molar-refractivity contribution in [3.63, 3.8) is 0 Å². The molecule has 14 heavy (non-hydrogen) atoms. The normalized spacial score (nSPS) is 27.1. The van der Waals surface area contributed by atoms with Crippen LogP contribution in [-0.4, -0.2) is 19.7 Å². The van der Waals surface area contributed by atoms with Crippen molar-refractivity contribution in [2.75, 3.05) is 19.7 Å². The SMILES string of the molecule is C1=CC(OC[C@@H]2CCCNC2)=CCC1. The van der Waals surface area contributed by atoms with Gasteiger partial charge in [0.2, 0.25) is 0 Å². The fourth-order valence-corrected chi connectivity index (χ4v) is 1.98. The van der Waals surface area contributed by atoms with Crippen LogP contribution in [0.5, 0.6) is 0 Å². The van der Waals surface area contributed by atoms with Crippen molar-refractivity contribution in [2.45, 2.75) is 25.7 Å². The molecule has 0 aromatic carbocycles. The Balaban J connectivity index is 1.70. The van der Waals surface area contributed by atoms with E-state index in [1.165, 1.54) is 19.4 Å². The molecule has 1 aliphatic carbocycles. The zero-order chi connectivity index (χ0) is 9.64. The van der Waals surface area contributed by atoms with Gasteiger partial charge in [-0.15, -0.1) is 0 Å². The summed E-state index contributed by atoms with van der Waals surface area (Å²) in [6.45, 7) is 3.18. The minimum Gasteiger partial charge on any atom is -0.494 e. The summed E-state index contributed by atoms with van der Waals surface area (Å²) < 4.78 is 5.76. The van der Waals surface area contributed by atoms with Crippen LogP contribution < -0.4 is 5.32 Å². The molecular weight excluding hydrogens is 174 g/mol. The zero-order valence-electron chi connectivity index (χ0n) is 8.67. The Hall–Kier alpha value is -0.760. The molecule has 0 radical (unpaired) electrons. The van der Waals surface area contributed by atoms with E-state index in [2.05, 4.69) is 23.5 Å². The van der Waals surface area contributed by atoms with Crippen molar-refractivity contribution >= 4 is 0 Å². The first kappa shape index (κ1) is 9.78. The molecule has 78 valence electrons. The number of ether oxygens (including phenoxy) is 1. The largest absolute Gasteiger partial charge is 0.494 e. The molecule has 1 N–H and O–H groups in total. The van der Waals surface area contributed by atoms with Crippen LogP contribution >= 0.6 is 0 Å². The van der Waals surface area contributed by atoms with E-state index in [4.69, 9.17) is 4.74 Å².